The van der Waals surface area contributed by atoms with Crippen LogP contribution in [-0.2, 0) is 9.53 Å². The maximum absolute atomic E-state index is 14.0. The van der Waals surface area contributed by atoms with Crippen molar-refractivity contribution in [3.8, 4) is 5.75 Å². The number of halogens is 2. The molecule has 23 heavy (non-hydrogen) atoms. The average molecular weight is 320 g/mol. The largest absolute Gasteiger partial charge is 0.471 e. The van der Waals surface area contributed by atoms with Crippen molar-refractivity contribution in [2.45, 2.75) is 13.0 Å². The van der Waals surface area contributed by atoms with Gasteiger partial charge in [-0.25, -0.2) is 13.6 Å². The number of methoxy groups -OCH3 is 1. The summed E-state index contributed by atoms with van der Waals surface area (Å²) in [5.74, 6) is -2.53. The minimum atomic E-state index is -1.25. The molecule has 0 fully saturated rings. The van der Waals surface area contributed by atoms with Gasteiger partial charge in [0.25, 0.3) is 0 Å². The Labute approximate surface area is 131 Å². The molecule has 2 rings (SSSR count). The van der Waals surface area contributed by atoms with Crippen LogP contribution in [0.15, 0.2) is 42.5 Å². The number of esters is 1. The molecule has 2 aromatic carbocycles. The first-order valence-electron chi connectivity index (χ1n) is 6.73. The molecule has 0 spiro atoms. The van der Waals surface area contributed by atoms with Crippen molar-refractivity contribution in [2.24, 2.45) is 0 Å². The molecule has 0 radical (unpaired) electrons. The molecule has 120 valence electrons. The van der Waals surface area contributed by atoms with Gasteiger partial charge in [-0.3, -0.25) is 4.79 Å². The summed E-state index contributed by atoms with van der Waals surface area (Å²) in [6.07, 6.45) is -1.25. The van der Waals surface area contributed by atoms with Gasteiger partial charge < -0.3 is 9.47 Å². The van der Waals surface area contributed by atoms with Gasteiger partial charge in [0.15, 0.2) is 17.3 Å². The second-order valence-electron chi connectivity index (χ2n) is 4.77. The molecular formula is C17H14F2O4. The second-order valence-corrected chi connectivity index (χ2v) is 4.77. The highest BCUT2D eigenvalue weighted by atomic mass is 19.1. The fourth-order valence-corrected chi connectivity index (χ4v) is 1.94. The zero-order chi connectivity index (χ0) is 17.0. The minimum Gasteiger partial charge on any atom is -0.471 e. The van der Waals surface area contributed by atoms with E-state index in [0.717, 1.165) is 25.3 Å². The van der Waals surface area contributed by atoms with Gasteiger partial charge >= 0.3 is 5.97 Å². The normalized spacial score (nSPS) is 11.7. The van der Waals surface area contributed by atoms with Crippen LogP contribution in [0.3, 0.4) is 0 Å². The molecular weight excluding hydrogens is 306 g/mol. The molecule has 0 saturated carbocycles. The van der Waals surface area contributed by atoms with Crippen molar-refractivity contribution in [2.75, 3.05) is 7.11 Å². The highest BCUT2D eigenvalue weighted by Gasteiger charge is 2.25. The first-order valence-corrected chi connectivity index (χ1v) is 6.73. The summed E-state index contributed by atoms with van der Waals surface area (Å²) in [6, 6.07) is 8.67. The van der Waals surface area contributed by atoms with Crippen molar-refractivity contribution < 1.29 is 27.8 Å². The van der Waals surface area contributed by atoms with Crippen LogP contribution < -0.4 is 4.74 Å². The van der Waals surface area contributed by atoms with E-state index in [0.29, 0.717) is 5.56 Å². The molecule has 0 saturated heterocycles. The van der Waals surface area contributed by atoms with Crippen LogP contribution >= 0.6 is 0 Å². The Morgan fingerprint density at radius 2 is 1.70 bits per heavy atom. The Bertz CT molecular complexity index is 726. The molecule has 0 amide bonds. The van der Waals surface area contributed by atoms with Crippen LogP contribution in [0.1, 0.15) is 28.9 Å². The Morgan fingerprint density at radius 1 is 1.04 bits per heavy atom. The lowest BCUT2D eigenvalue weighted by atomic mass is 10.1. The third-order valence-corrected chi connectivity index (χ3v) is 3.17. The number of ketones is 1. The Kier molecular flexibility index (Phi) is 5.05. The number of carbonyl (C=O) groups is 2. The van der Waals surface area contributed by atoms with Gasteiger partial charge in [0.05, 0.1) is 7.11 Å². The van der Waals surface area contributed by atoms with E-state index in [1.807, 2.05) is 0 Å². The van der Waals surface area contributed by atoms with Crippen LogP contribution in [0.25, 0.3) is 0 Å². The monoisotopic (exact) mass is 320 g/mol. The van der Waals surface area contributed by atoms with E-state index in [4.69, 9.17) is 4.74 Å². The zero-order valence-electron chi connectivity index (χ0n) is 12.5. The number of hydrogen-bond donors (Lipinski definition) is 0. The number of ether oxygens (including phenoxy) is 2. The Balaban J connectivity index is 2.33. The van der Waals surface area contributed by atoms with Crippen LogP contribution in [0.2, 0.25) is 0 Å². The van der Waals surface area contributed by atoms with Gasteiger partial charge in [-0.15, -0.1) is 0 Å². The van der Waals surface area contributed by atoms with Gasteiger partial charge in [-0.1, -0.05) is 12.1 Å². The van der Waals surface area contributed by atoms with Crippen molar-refractivity contribution in [1.29, 1.82) is 0 Å². The average Bonchev–Trinajstić information content (AvgIpc) is 2.54. The third kappa shape index (κ3) is 3.91. The molecule has 4 nitrogen and oxygen atoms in total. The summed E-state index contributed by atoms with van der Waals surface area (Å²) >= 11 is 0. The lowest BCUT2D eigenvalue weighted by Crippen LogP contribution is -2.20. The van der Waals surface area contributed by atoms with Crippen LogP contribution in [0, 0.1) is 11.6 Å². The van der Waals surface area contributed by atoms with Gasteiger partial charge in [0, 0.05) is 11.1 Å². The highest BCUT2D eigenvalue weighted by molar-refractivity contribution is 5.94. The SMILES string of the molecule is COC(=O)[C@@H](Oc1ccc(C(C)=O)cc1F)c1ccc(F)cc1. The molecule has 2 aromatic rings. The van der Waals surface area contributed by atoms with Gasteiger partial charge in [0.1, 0.15) is 5.82 Å². The van der Waals surface area contributed by atoms with E-state index >= 15 is 0 Å². The minimum absolute atomic E-state index is 0.186. The van der Waals surface area contributed by atoms with Gasteiger partial charge in [0.2, 0.25) is 6.10 Å². The number of carbonyl (C=O) groups excluding carboxylic acids is 2. The standard InChI is InChI=1S/C17H14F2O4/c1-10(20)12-5-8-15(14(19)9-12)23-16(17(21)22-2)11-3-6-13(18)7-4-11/h3-9,16H,1-2H3/t16-/m0/s1. The summed E-state index contributed by atoms with van der Waals surface area (Å²) in [4.78, 5) is 23.1. The van der Waals surface area contributed by atoms with Crippen molar-refractivity contribution in [3.63, 3.8) is 0 Å². The Hall–Kier alpha value is -2.76. The molecule has 0 bridgehead atoms. The molecule has 0 aliphatic heterocycles. The predicted molar refractivity (Wildman–Crippen MR) is 78.2 cm³/mol. The van der Waals surface area contributed by atoms with Crippen molar-refractivity contribution >= 4 is 11.8 Å². The fourth-order valence-electron chi connectivity index (χ4n) is 1.94. The van der Waals surface area contributed by atoms with E-state index < -0.39 is 23.7 Å². The molecule has 1 atom stereocenters. The van der Waals surface area contributed by atoms with E-state index in [1.54, 1.807) is 0 Å². The molecule has 0 unspecified atom stereocenters. The quantitative estimate of drug-likeness (QED) is 0.625. The summed E-state index contributed by atoms with van der Waals surface area (Å²) in [6.45, 7) is 1.31. The van der Waals surface area contributed by atoms with E-state index in [9.17, 15) is 18.4 Å². The summed E-state index contributed by atoms with van der Waals surface area (Å²) < 4.78 is 37.0. The lowest BCUT2D eigenvalue weighted by Gasteiger charge is -2.18. The summed E-state index contributed by atoms with van der Waals surface area (Å²) in [7, 11) is 1.16. The molecule has 0 heterocycles. The van der Waals surface area contributed by atoms with Crippen molar-refractivity contribution in [3.05, 3.63) is 65.2 Å². The second kappa shape index (κ2) is 7.00. The maximum Gasteiger partial charge on any atom is 0.351 e. The summed E-state index contributed by atoms with van der Waals surface area (Å²) in [5, 5.41) is 0. The van der Waals surface area contributed by atoms with Gasteiger partial charge in [-0.05, 0) is 37.3 Å². The van der Waals surface area contributed by atoms with E-state index in [2.05, 4.69) is 4.74 Å². The van der Waals surface area contributed by atoms with Gasteiger partial charge in [-0.2, -0.15) is 0 Å². The molecule has 0 aliphatic carbocycles. The first kappa shape index (κ1) is 16.6. The molecule has 0 aliphatic rings. The fraction of sp³-hybridized carbons (Fsp3) is 0.176. The van der Waals surface area contributed by atoms with Crippen LogP contribution in [0.5, 0.6) is 5.75 Å². The third-order valence-electron chi connectivity index (χ3n) is 3.17. The topological polar surface area (TPSA) is 52.6 Å². The number of hydrogen-bond acceptors (Lipinski definition) is 4. The predicted octanol–water partition coefficient (Wildman–Crippen LogP) is 3.46. The van der Waals surface area contributed by atoms with E-state index in [-0.39, 0.29) is 17.1 Å². The number of rotatable bonds is 5. The number of Topliss-reactive ketones (excluding diaryl/α,β-unsaturated/α-hetero) is 1. The summed E-state index contributed by atoms with van der Waals surface area (Å²) in [5.41, 5.74) is 0.500. The van der Waals surface area contributed by atoms with Crippen LogP contribution in [-0.4, -0.2) is 18.9 Å². The molecule has 0 N–H and O–H groups in total. The zero-order valence-corrected chi connectivity index (χ0v) is 12.5. The van der Waals surface area contributed by atoms with Crippen molar-refractivity contribution in [1.82, 2.24) is 0 Å². The first-order chi connectivity index (χ1) is 10.9. The van der Waals surface area contributed by atoms with E-state index in [1.165, 1.54) is 31.2 Å². The smallest absolute Gasteiger partial charge is 0.351 e. The Morgan fingerprint density at radius 3 is 2.22 bits per heavy atom. The number of benzene rings is 2. The maximum atomic E-state index is 14.0. The molecule has 0 aromatic heterocycles. The molecule has 6 heteroatoms. The van der Waals surface area contributed by atoms with Crippen LogP contribution in [0.4, 0.5) is 8.78 Å². The lowest BCUT2D eigenvalue weighted by molar-refractivity contribution is -0.149. The highest BCUT2D eigenvalue weighted by Crippen LogP contribution is 2.26.